The molecule has 0 aromatic heterocycles. The van der Waals surface area contributed by atoms with Crippen LogP contribution in [0.2, 0.25) is 0 Å². The molecule has 3 N–H and O–H groups in total. The van der Waals surface area contributed by atoms with E-state index in [0.29, 0.717) is 18.7 Å². The topological polar surface area (TPSA) is 92.5 Å². The minimum Gasteiger partial charge on any atom is -0.368 e. The van der Waals surface area contributed by atoms with Crippen LogP contribution >= 0.6 is 24.0 Å². The lowest BCUT2D eigenvalue weighted by molar-refractivity contribution is -0.128. The molecule has 0 spiro atoms. The van der Waals surface area contributed by atoms with Crippen LogP contribution in [0.3, 0.4) is 0 Å². The maximum absolute atomic E-state index is 11.9. The van der Waals surface area contributed by atoms with Crippen LogP contribution in [0.5, 0.6) is 0 Å². The summed E-state index contributed by atoms with van der Waals surface area (Å²) in [4.78, 5) is 18.5. The third-order valence-electron chi connectivity index (χ3n) is 4.74. The van der Waals surface area contributed by atoms with Gasteiger partial charge >= 0.3 is 0 Å². The van der Waals surface area contributed by atoms with Gasteiger partial charge < -0.3 is 20.9 Å². The van der Waals surface area contributed by atoms with Crippen LogP contribution in [0.1, 0.15) is 39.2 Å². The molecule has 1 aromatic rings. The number of benzene rings is 1. The molecule has 1 aliphatic rings. The summed E-state index contributed by atoms with van der Waals surface area (Å²) < 4.78 is 0. The van der Waals surface area contributed by atoms with Crippen molar-refractivity contribution in [3.05, 3.63) is 29.8 Å². The molecule has 1 atom stereocenters. The zero-order valence-electron chi connectivity index (χ0n) is 17.8. The number of carbonyl (C=O) groups excluding carboxylic acids is 1. The Bertz CT molecular complexity index is 737. The van der Waals surface area contributed by atoms with E-state index < -0.39 is 0 Å². The molecule has 1 saturated heterocycles. The summed E-state index contributed by atoms with van der Waals surface area (Å²) in [6.07, 6.45) is 2.10. The Labute approximate surface area is 191 Å². The monoisotopic (exact) mass is 512 g/mol. The van der Waals surface area contributed by atoms with Crippen molar-refractivity contribution in [3.8, 4) is 6.07 Å². The van der Waals surface area contributed by atoms with Crippen LogP contribution < -0.4 is 20.9 Å². The van der Waals surface area contributed by atoms with Crippen molar-refractivity contribution in [1.29, 1.82) is 5.26 Å². The summed E-state index contributed by atoms with van der Waals surface area (Å²) >= 11 is 0. The average molecular weight is 512 g/mol. The molecule has 8 heteroatoms. The van der Waals surface area contributed by atoms with Crippen LogP contribution in [-0.4, -0.2) is 51.1 Å². The second-order valence-corrected chi connectivity index (χ2v) is 8.06. The number of amides is 1. The van der Waals surface area contributed by atoms with E-state index >= 15 is 0 Å². The number of anilines is 1. The molecule has 160 valence electrons. The Morgan fingerprint density at radius 3 is 2.62 bits per heavy atom. The number of carbonyl (C=O) groups is 1. The van der Waals surface area contributed by atoms with Crippen molar-refractivity contribution < 1.29 is 4.79 Å². The van der Waals surface area contributed by atoms with Crippen molar-refractivity contribution >= 4 is 41.5 Å². The molecule has 0 saturated carbocycles. The molecule has 1 heterocycles. The number of nitrogens with one attached hydrogen (secondary N) is 3. The summed E-state index contributed by atoms with van der Waals surface area (Å²) in [5, 5.41) is 19.0. The molecule has 2 rings (SSSR count). The van der Waals surface area contributed by atoms with Crippen LogP contribution in [0, 0.1) is 16.7 Å². The summed E-state index contributed by atoms with van der Waals surface area (Å²) in [6, 6.07) is 10.3. The number of piperidine rings is 1. The maximum atomic E-state index is 11.9. The number of hydrogen-bond donors (Lipinski definition) is 3. The first-order valence-electron chi connectivity index (χ1n) is 9.84. The molecule has 1 aliphatic heterocycles. The van der Waals surface area contributed by atoms with Gasteiger partial charge in [-0.1, -0.05) is 32.9 Å². The predicted octanol–water partition coefficient (Wildman–Crippen LogP) is 2.47. The lowest BCUT2D eigenvalue weighted by Gasteiger charge is -2.35. The molecule has 1 aromatic carbocycles. The quantitative estimate of drug-likeness (QED) is 0.244. The van der Waals surface area contributed by atoms with Gasteiger partial charge in [-0.15, -0.1) is 24.0 Å². The highest BCUT2D eigenvalue weighted by Gasteiger charge is 2.23. The fourth-order valence-electron chi connectivity index (χ4n) is 3.17. The molecular weight excluding hydrogens is 479 g/mol. The normalized spacial score (nSPS) is 17.0. The van der Waals surface area contributed by atoms with E-state index in [1.807, 2.05) is 45.0 Å². The van der Waals surface area contributed by atoms with Gasteiger partial charge in [-0.3, -0.25) is 9.79 Å². The van der Waals surface area contributed by atoms with E-state index in [0.717, 1.165) is 37.6 Å². The van der Waals surface area contributed by atoms with Gasteiger partial charge in [-0.25, -0.2) is 0 Å². The average Bonchev–Trinajstić information content (AvgIpc) is 2.69. The molecule has 0 radical (unpaired) electrons. The van der Waals surface area contributed by atoms with Crippen molar-refractivity contribution in [2.45, 2.75) is 39.7 Å². The molecule has 1 unspecified atom stereocenters. The van der Waals surface area contributed by atoms with E-state index in [4.69, 9.17) is 0 Å². The van der Waals surface area contributed by atoms with E-state index in [2.05, 4.69) is 31.9 Å². The smallest absolute Gasteiger partial charge is 0.225 e. The van der Waals surface area contributed by atoms with Gasteiger partial charge in [0.05, 0.1) is 11.3 Å². The van der Waals surface area contributed by atoms with Crippen molar-refractivity contribution in [2.24, 2.45) is 10.4 Å². The first-order chi connectivity index (χ1) is 13.3. The zero-order chi connectivity index (χ0) is 20.6. The highest BCUT2D eigenvalue weighted by molar-refractivity contribution is 14.0. The number of guanidine groups is 1. The van der Waals surface area contributed by atoms with Gasteiger partial charge in [0.2, 0.25) is 5.91 Å². The lowest BCUT2D eigenvalue weighted by atomic mass is 9.96. The first kappa shape index (κ1) is 25.0. The number of para-hydroxylation sites is 1. The van der Waals surface area contributed by atoms with E-state index in [9.17, 15) is 10.1 Å². The third-order valence-corrected chi connectivity index (χ3v) is 4.74. The summed E-state index contributed by atoms with van der Waals surface area (Å²) in [5.41, 5.74) is 1.31. The van der Waals surface area contributed by atoms with Gasteiger partial charge in [0, 0.05) is 44.7 Å². The number of nitrogens with zero attached hydrogens (tertiary/aromatic N) is 3. The third kappa shape index (κ3) is 7.72. The minimum absolute atomic E-state index is 0. The standard InChI is InChI=1S/C21H32N6O.HI/c1-21(2,3)19(28)24-11-12-25-20(23-4)26-17-9-7-13-27(15-17)18-10-6-5-8-16(18)14-22;/h5-6,8,10,17H,7,9,11-13,15H2,1-4H3,(H,24,28)(H2,23,25,26);1H. The SMILES string of the molecule is CN=C(NCCNC(=O)C(C)(C)C)NC1CCCN(c2ccccc2C#N)C1.I. The van der Waals surface area contributed by atoms with Gasteiger partial charge in [-0.05, 0) is 25.0 Å². The molecule has 0 bridgehead atoms. The summed E-state index contributed by atoms with van der Waals surface area (Å²) in [7, 11) is 1.74. The largest absolute Gasteiger partial charge is 0.368 e. The van der Waals surface area contributed by atoms with E-state index in [-0.39, 0.29) is 41.3 Å². The molecule has 0 aliphatic carbocycles. The van der Waals surface area contributed by atoms with Crippen molar-refractivity contribution in [2.75, 3.05) is 38.1 Å². The molecular formula is C21H33IN6O. The number of rotatable bonds is 5. The number of aliphatic imine (C=N–C) groups is 1. The Kier molecular flexibility index (Phi) is 10.2. The molecule has 29 heavy (non-hydrogen) atoms. The van der Waals surface area contributed by atoms with Gasteiger partial charge in [0.25, 0.3) is 0 Å². The minimum atomic E-state index is -0.384. The fourth-order valence-corrected chi connectivity index (χ4v) is 3.17. The van der Waals surface area contributed by atoms with Crippen molar-refractivity contribution in [3.63, 3.8) is 0 Å². The Morgan fingerprint density at radius 1 is 1.28 bits per heavy atom. The van der Waals surface area contributed by atoms with E-state index in [1.165, 1.54) is 0 Å². The molecule has 7 nitrogen and oxygen atoms in total. The highest BCUT2D eigenvalue weighted by Crippen LogP contribution is 2.23. The number of halogens is 1. The highest BCUT2D eigenvalue weighted by atomic mass is 127. The number of nitriles is 1. The zero-order valence-corrected chi connectivity index (χ0v) is 20.1. The predicted molar refractivity (Wildman–Crippen MR) is 129 cm³/mol. The van der Waals surface area contributed by atoms with Gasteiger partial charge in [-0.2, -0.15) is 5.26 Å². The van der Waals surface area contributed by atoms with Crippen LogP contribution in [0.15, 0.2) is 29.3 Å². The number of hydrogen-bond acceptors (Lipinski definition) is 4. The Balaban J connectivity index is 0.00000420. The Hall–Kier alpha value is -2.02. The molecule has 1 fully saturated rings. The maximum Gasteiger partial charge on any atom is 0.225 e. The second-order valence-electron chi connectivity index (χ2n) is 8.06. The summed E-state index contributed by atoms with van der Waals surface area (Å²) in [5.74, 6) is 0.766. The van der Waals surface area contributed by atoms with Crippen LogP contribution in [0.25, 0.3) is 0 Å². The molecule has 1 amide bonds. The van der Waals surface area contributed by atoms with Gasteiger partial charge in [0.15, 0.2) is 5.96 Å². The van der Waals surface area contributed by atoms with E-state index in [1.54, 1.807) is 7.05 Å². The van der Waals surface area contributed by atoms with Gasteiger partial charge in [0.1, 0.15) is 6.07 Å². The lowest BCUT2D eigenvalue weighted by Crippen LogP contribution is -2.52. The Morgan fingerprint density at radius 2 is 1.97 bits per heavy atom. The first-order valence-corrected chi connectivity index (χ1v) is 9.84. The summed E-state index contributed by atoms with van der Waals surface area (Å²) in [6.45, 7) is 8.61. The van der Waals surface area contributed by atoms with Crippen molar-refractivity contribution in [1.82, 2.24) is 16.0 Å². The second kappa shape index (κ2) is 11.9. The van der Waals surface area contributed by atoms with Crippen LogP contribution in [-0.2, 0) is 4.79 Å². The van der Waals surface area contributed by atoms with Crippen LogP contribution in [0.4, 0.5) is 5.69 Å². The fraction of sp³-hybridized carbons (Fsp3) is 0.571.